The molecule has 4 nitrogen and oxygen atoms in total. The molecule has 20 heavy (non-hydrogen) atoms. The molecule has 0 radical (unpaired) electrons. The van der Waals surface area contributed by atoms with E-state index in [1.165, 1.54) is 0 Å². The number of hydrogen-bond donors (Lipinski definition) is 2. The third-order valence-electron chi connectivity index (χ3n) is 3.09. The number of rotatable bonds is 2. The summed E-state index contributed by atoms with van der Waals surface area (Å²) in [5.74, 6) is -0.154. The molecule has 0 saturated heterocycles. The van der Waals surface area contributed by atoms with Crippen molar-refractivity contribution in [2.45, 2.75) is 6.92 Å². The largest absolute Gasteiger partial charge is 0.320 e. The molecule has 1 heterocycles. The SMILES string of the molecule is Cc1ccc(C(=O)Nc2cccc3cn[nH]c23)c(Br)c1. The summed E-state index contributed by atoms with van der Waals surface area (Å²) >= 11 is 3.42. The van der Waals surface area contributed by atoms with Crippen LogP contribution in [0.25, 0.3) is 10.9 Å². The fraction of sp³-hybridized carbons (Fsp3) is 0.0667. The smallest absolute Gasteiger partial charge is 0.256 e. The number of anilines is 1. The molecule has 0 aliphatic carbocycles. The first-order valence-electron chi connectivity index (χ1n) is 6.15. The lowest BCUT2D eigenvalue weighted by atomic mass is 10.1. The highest BCUT2D eigenvalue weighted by molar-refractivity contribution is 9.10. The zero-order valence-electron chi connectivity index (χ0n) is 10.8. The summed E-state index contributed by atoms with van der Waals surface area (Å²) in [4.78, 5) is 12.3. The summed E-state index contributed by atoms with van der Waals surface area (Å²) < 4.78 is 0.784. The molecular weight excluding hydrogens is 318 g/mol. The van der Waals surface area contributed by atoms with E-state index in [2.05, 4.69) is 31.4 Å². The molecule has 0 fully saturated rings. The standard InChI is InChI=1S/C15H12BrN3O/c1-9-5-6-11(12(16)7-9)15(20)18-13-4-2-3-10-8-17-19-14(10)13/h2-8H,1H3,(H,17,19)(H,18,20). The van der Waals surface area contributed by atoms with Gasteiger partial charge in [-0.05, 0) is 46.6 Å². The van der Waals surface area contributed by atoms with Gasteiger partial charge in [-0.1, -0.05) is 18.2 Å². The van der Waals surface area contributed by atoms with Crippen LogP contribution in [0.3, 0.4) is 0 Å². The molecule has 3 rings (SSSR count). The van der Waals surface area contributed by atoms with E-state index in [1.807, 2.05) is 43.3 Å². The molecule has 1 aromatic heterocycles. The van der Waals surface area contributed by atoms with Crippen LogP contribution in [0.2, 0.25) is 0 Å². The minimum absolute atomic E-state index is 0.154. The second-order valence-electron chi connectivity index (χ2n) is 4.58. The van der Waals surface area contributed by atoms with Crippen molar-refractivity contribution < 1.29 is 4.79 Å². The first kappa shape index (κ1) is 12.9. The Labute approximate surface area is 124 Å². The van der Waals surface area contributed by atoms with E-state index in [1.54, 1.807) is 6.20 Å². The monoisotopic (exact) mass is 329 g/mol. The average molecular weight is 330 g/mol. The Morgan fingerprint density at radius 2 is 2.15 bits per heavy atom. The number of H-pyrrole nitrogens is 1. The number of aromatic amines is 1. The lowest BCUT2D eigenvalue weighted by Crippen LogP contribution is -2.13. The van der Waals surface area contributed by atoms with Crippen molar-refractivity contribution in [1.29, 1.82) is 0 Å². The number of para-hydroxylation sites is 1. The van der Waals surface area contributed by atoms with E-state index in [4.69, 9.17) is 0 Å². The number of nitrogens with zero attached hydrogens (tertiary/aromatic N) is 1. The van der Waals surface area contributed by atoms with E-state index in [9.17, 15) is 4.79 Å². The third kappa shape index (κ3) is 2.32. The van der Waals surface area contributed by atoms with Gasteiger partial charge in [0.2, 0.25) is 0 Å². The van der Waals surface area contributed by atoms with E-state index >= 15 is 0 Å². The minimum atomic E-state index is -0.154. The van der Waals surface area contributed by atoms with Gasteiger partial charge in [0.15, 0.2) is 0 Å². The van der Waals surface area contributed by atoms with Crippen LogP contribution in [0.15, 0.2) is 47.1 Å². The Bertz CT molecular complexity index is 795. The quantitative estimate of drug-likeness (QED) is 0.749. The number of nitrogens with one attached hydrogen (secondary N) is 2. The topological polar surface area (TPSA) is 57.8 Å². The molecule has 0 aliphatic rings. The molecule has 3 aromatic rings. The fourth-order valence-corrected chi connectivity index (χ4v) is 2.74. The van der Waals surface area contributed by atoms with Gasteiger partial charge in [0, 0.05) is 9.86 Å². The van der Waals surface area contributed by atoms with Crippen LogP contribution in [-0.2, 0) is 0 Å². The number of aryl methyl sites for hydroxylation is 1. The first-order valence-corrected chi connectivity index (χ1v) is 6.94. The number of amides is 1. The van der Waals surface area contributed by atoms with Crippen molar-refractivity contribution in [3.63, 3.8) is 0 Å². The van der Waals surface area contributed by atoms with E-state index in [0.717, 1.165) is 26.6 Å². The number of aromatic nitrogens is 2. The van der Waals surface area contributed by atoms with Gasteiger partial charge in [0.1, 0.15) is 0 Å². The Kier molecular flexibility index (Phi) is 3.28. The molecule has 2 aromatic carbocycles. The maximum absolute atomic E-state index is 12.3. The van der Waals surface area contributed by atoms with Gasteiger partial charge >= 0.3 is 0 Å². The Hall–Kier alpha value is -2.14. The van der Waals surface area contributed by atoms with E-state index < -0.39 is 0 Å². The number of benzene rings is 2. The van der Waals surface area contributed by atoms with E-state index in [-0.39, 0.29) is 5.91 Å². The second kappa shape index (κ2) is 5.09. The molecule has 5 heteroatoms. The van der Waals surface area contributed by atoms with Crippen LogP contribution in [0.5, 0.6) is 0 Å². The van der Waals surface area contributed by atoms with Gasteiger partial charge < -0.3 is 5.32 Å². The lowest BCUT2D eigenvalue weighted by Gasteiger charge is -2.08. The van der Waals surface area contributed by atoms with Gasteiger partial charge in [-0.25, -0.2) is 0 Å². The van der Waals surface area contributed by atoms with Crippen molar-refractivity contribution in [2.75, 3.05) is 5.32 Å². The van der Waals surface area contributed by atoms with Gasteiger partial charge in [0.05, 0.1) is 23.0 Å². The fourth-order valence-electron chi connectivity index (χ4n) is 2.07. The zero-order valence-corrected chi connectivity index (χ0v) is 12.4. The second-order valence-corrected chi connectivity index (χ2v) is 5.43. The maximum Gasteiger partial charge on any atom is 0.256 e. The summed E-state index contributed by atoms with van der Waals surface area (Å²) in [6.07, 6.45) is 1.73. The number of halogens is 1. The van der Waals surface area contributed by atoms with Gasteiger partial charge in [0.25, 0.3) is 5.91 Å². The summed E-state index contributed by atoms with van der Waals surface area (Å²) in [7, 11) is 0. The van der Waals surface area contributed by atoms with Crippen LogP contribution in [0.4, 0.5) is 5.69 Å². The summed E-state index contributed by atoms with van der Waals surface area (Å²) in [6, 6.07) is 11.3. The number of hydrogen-bond acceptors (Lipinski definition) is 2. The molecule has 0 aliphatic heterocycles. The van der Waals surface area contributed by atoms with Crippen LogP contribution in [-0.4, -0.2) is 16.1 Å². The normalized spacial score (nSPS) is 10.7. The van der Waals surface area contributed by atoms with Crippen molar-refractivity contribution in [2.24, 2.45) is 0 Å². The molecule has 2 N–H and O–H groups in total. The number of fused-ring (bicyclic) bond motifs is 1. The van der Waals surface area contributed by atoms with Crippen LogP contribution < -0.4 is 5.32 Å². The number of carbonyl (C=O) groups excluding carboxylic acids is 1. The lowest BCUT2D eigenvalue weighted by molar-refractivity contribution is 0.102. The van der Waals surface area contributed by atoms with Crippen molar-refractivity contribution >= 4 is 38.4 Å². The van der Waals surface area contributed by atoms with Crippen LogP contribution in [0.1, 0.15) is 15.9 Å². The number of carbonyl (C=O) groups is 1. The Morgan fingerprint density at radius 3 is 2.95 bits per heavy atom. The highest BCUT2D eigenvalue weighted by atomic mass is 79.9. The summed E-state index contributed by atoms with van der Waals surface area (Å²) in [5, 5.41) is 10.7. The molecule has 0 atom stereocenters. The van der Waals surface area contributed by atoms with Crippen molar-refractivity contribution in [1.82, 2.24) is 10.2 Å². The molecule has 0 saturated carbocycles. The summed E-state index contributed by atoms with van der Waals surface area (Å²) in [5.41, 5.74) is 3.25. The first-order chi connectivity index (χ1) is 9.65. The highest BCUT2D eigenvalue weighted by Crippen LogP contribution is 2.23. The minimum Gasteiger partial charge on any atom is -0.320 e. The Balaban J connectivity index is 1.94. The van der Waals surface area contributed by atoms with Crippen LogP contribution >= 0.6 is 15.9 Å². The van der Waals surface area contributed by atoms with Gasteiger partial charge in [-0.3, -0.25) is 9.89 Å². The third-order valence-corrected chi connectivity index (χ3v) is 3.75. The average Bonchev–Trinajstić information content (AvgIpc) is 2.87. The molecule has 0 spiro atoms. The molecule has 0 unspecified atom stereocenters. The maximum atomic E-state index is 12.3. The zero-order chi connectivity index (χ0) is 14.1. The molecule has 1 amide bonds. The highest BCUT2D eigenvalue weighted by Gasteiger charge is 2.12. The summed E-state index contributed by atoms with van der Waals surface area (Å²) in [6.45, 7) is 1.98. The van der Waals surface area contributed by atoms with Crippen molar-refractivity contribution in [3.05, 3.63) is 58.2 Å². The van der Waals surface area contributed by atoms with E-state index in [0.29, 0.717) is 5.56 Å². The van der Waals surface area contributed by atoms with Gasteiger partial charge in [-0.15, -0.1) is 0 Å². The van der Waals surface area contributed by atoms with Crippen molar-refractivity contribution in [3.8, 4) is 0 Å². The predicted molar refractivity (Wildman–Crippen MR) is 82.9 cm³/mol. The molecular formula is C15H12BrN3O. The predicted octanol–water partition coefficient (Wildman–Crippen LogP) is 3.89. The molecule has 0 bridgehead atoms. The molecule has 100 valence electrons. The Morgan fingerprint density at radius 1 is 1.30 bits per heavy atom. The van der Waals surface area contributed by atoms with Gasteiger partial charge in [-0.2, -0.15) is 5.10 Å². The van der Waals surface area contributed by atoms with Crippen LogP contribution in [0, 0.1) is 6.92 Å².